The first-order valence-electron chi connectivity index (χ1n) is 18.1. The Bertz CT molecular complexity index is 2420. The van der Waals surface area contributed by atoms with E-state index in [1.165, 1.54) is 26.5 Å². The number of amides is 7. The van der Waals surface area contributed by atoms with E-state index in [0.717, 1.165) is 38.2 Å². The van der Waals surface area contributed by atoms with Gasteiger partial charge in [-0.25, -0.2) is 4.98 Å². The van der Waals surface area contributed by atoms with E-state index in [-0.39, 0.29) is 30.8 Å². The largest absolute Gasteiger partial charge is 0.496 e. The molecule has 0 aliphatic carbocycles. The zero-order valence-electron chi connectivity index (χ0n) is 31.8. The summed E-state index contributed by atoms with van der Waals surface area (Å²) in [6.07, 6.45) is 3.39. The van der Waals surface area contributed by atoms with E-state index < -0.39 is 72.6 Å². The summed E-state index contributed by atoms with van der Waals surface area (Å²) in [5, 5.41) is 18.9. The van der Waals surface area contributed by atoms with Crippen LogP contribution in [0.5, 0.6) is 5.75 Å². The second-order valence-corrected chi connectivity index (χ2v) is 14.5. The number of ether oxygens (including phenoxy) is 1. The number of aromatic amines is 2. The normalized spacial score (nSPS) is 19.8. The lowest BCUT2D eigenvalue weighted by Gasteiger charge is -2.23. The van der Waals surface area contributed by atoms with Crippen molar-refractivity contribution in [3.05, 3.63) is 94.3 Å². The van der Waals surface area contributed by atoms with Crippen LogP contribution < -0.4 is 36.6 Å². The average Bonchev–Trinajstić information content (AvgIpc) is 3.97. The zero-order chi connectivity index (χ0) is 41.5. The molecule has 0 saturated carbocycles. The summed E-state index contributed by atoms with van der Waals surface area (Å²) in [6.45, 7) is 3.91. The van der Waals surface area contributed by atoms with E-state index in [2.05, 4.69) is 53.4 Å². The lowest BCUT2D eigenvalue weighted by atomic mass is 10.0. The number of methoxy groups -OCH3 is 1. The first-order valence-corrected chi connectivity index (χ1v) is 19.0. The van der Waals surface area contributed by atoms with Crippen LogP contribution in [0.1, 0.15) is 33.5 Å². The molecule has 0 saturated heterocycles. The van der Waals surface area contributed by atoms with Crippen LogP contribution in [-0.4, -0.2) is 107 Å². The minimum absolute atomic E-state index is 0.0137. The van der Waals surface area contributed by atoms with Crippen LogP contribution in [0.15, 0.2) is 72.5 Å². The number of hydrogen-bond donors (Lipinski definition) is 8. The molecule has 0 unspecified atom stereocenters. The third-order valence-electron chi connectivity index (χ3n) is 9.42. The molecule has 0 fully saturated rings. The minimum atomic E-state index is -1.28. The fourth-order valence-corrected chi connectivity index (χ4v) is 7.13. The van der Waals surface area contributed by atoms with Crippen molar-refractivity contribution in [1.29, 1.82) is 0 Å². The van der Waals surface area contributed by atoms with Gasteiger partial charge in [0.25, 0.3) is 11.8 Å². The summed E-state index contributed by atoms with van der Waals surface area (Å²) in [5.74, 6) is -4.40. The van der Waals surface area contributed by atoms with Crippen molar-refractivity contribution in [2.24, 2.45) is 0 Å². The monoisotopic (exact) mass is 810 g/mol. The Hall–Kier alpha value is -7.02. The number of nitrogens with zero attached hydrogens (tertiary/aromatic N) is 2. The maximum Gasteiger partial charge on any atom is 0.271 e. The topological polar surface area (TPSA) is 249 Å². The van der Waals surface area contributed by atoms with Crippen LogP contribution in [-0.2, 0) is 48.2 Å². The third kappa shape index (κ3) is 9.49. The summed E-state index contributed by atoms with van der Waals surface area (Å²) < 4.78 is 5.58. The highest BCUT2D eigenvalue weighted by molar-refractivity contribution is 7.09. The van der Waals surface area contributed by atoms with Crippen LogP contribution in [0.3, 0.4) is 0 Å². The van der Waals surface area contributed by atoms with Crippen LogP contribution in [0.25, 0.3) is 21.8 Å². The number of carbonyl (C=O) groups is 7. The van der Waals surface area contributed by atoms with E-state index in [9.17, 15) is 33.6 Å². The molecule has 3 aromatic heterocycles. The van der Waals surface area contributed by atoms with Gasteiger partial charge < -0.3 is 51.5 Å². The smallest absolute Gasteiger partial charge is 0.271 e. The van der Waals surface area contributed by atoms with Gasteiger partial charge in [0.1, 0.15) is 34.6 Å². The van der Waals surface area contributed by atoms with Crippen molar-refractivity contribution in [1.82, 2.24) is 51.8 Å². The lowest BCUT2D eigenvalue weighted by molar-refractivity contribution is -0.133. The lowest BCUT2D eigenvalue weighted by Crippen LogP contribution is -2.56. The molecule has 58 heavy (non-hydrogen) atoms. The van der Waals surface area contributed by atoms with E-state index in [4.69, 9.17) is 4.74 Å². The molecular formula is C39H42N10O8S. The van der Waals surface area contributed by atoms with Gasteiger partial charge in [-0.2, -0.15) is 0 Å². The summed E-state index contributed by atoms with van der Waals surface area (Å²) in [5.41, 5.74) is 2.53. The predicted octanol–water partition coefficient (Wildman–Crippen LogP) is 0.522. The van der Waals surface area contributed by atoms with Gasteiger partial charge in [0.05, 0.1) is 32.4 Å². The highest BCUT2D eigenvalue weighted by Crippen LogP contribution is 2.29. The van der Waals surface area contributed by atoms with Gasteiger partial charge in [0.15, 0.2) is 0 Å². The molecule has 4 heterocycles. The number of carbonyl (C=O) groups excluding carboxylic acids is 7. The number of thiazole rings is 1. The third-order valence-corrected chi connectivity index (χ3v) is 10.3. The number of hydrogen-bond acceptors (Lipinski definition) is 10. The van der Waals surface area contributed by atoms with Crippen molar-refractivity contribution in [2.45, 2.75) is 44.4 Å². The molecule has 1 aliphatic rings. The Balaban J connectivity index is 1.32. The number of H-pyrrole nitrogens is 2. The van der Waals surface area contributed by atoms with Crippen LogP contribution in [0.2, 0.25) is 0 Å². The molecule has 302 valence electrons. The summed E-state index contributed by atoms with van der Waals surface area (Å²) >= 11 is 1.10. The van der Waals surface area contributed by atoms with E-state index in [0.29, 0.717) is 21.7 Å². The number of fused-ring (bicyclic) bond motifs is 4. The summed E-state index contributed by atoms with van der Waals surface area (Å²) in [6, 6.07) is 9.18. The van der Waals surface area contributed by atoms with Crippen molar-refractivity contribution in [2.75, 3.05) is 27.2 Å². The van der Waals surface area contributed by atoms with Gasteiger partial charge in [0.2, 0.25) is 29.5 Å². The number of aromatic nitrogens is 3. The quantitative estimate of drug-likeness (QED) is 0.115. The van der Waals surface area contributed by atoms with Crippen LogP contribution >= 0.6 is 11.3 Å². The number of nitrogens with one attached hydrogen (secondary N) is 8. The summed E-state index contributed by atoms with van der Waals surface area (Å²) in [7, 11) is 2.85. The molecule has 7 amide bonds. The van der Waals surface area contributed by atoms with Crippen molar-refractivity contribution < 1.29 is 38.3 Å². The Kier molecular flexibility index (Phi) is 12.5. The highest BCUT2D eigenvalue weighted by Gasteiger charge is 2.31. The SMILES string of the molecule is C=C1NC(=O)[C@@H](C)NC(=O)CNC(=O)[C@H](Cc2c[nH]c3cccc(OC)c23)NC(=O)[C@H](Cc2c[nH]c3ccccc23)NC(=O)c2csc(n2)CNC(=O)CN(C)C1=O. The number of likely N-dealkylation sites (N-methyl/N-ethyl adjacent to an activating group) is 1. The fourth-order valence-electron chi connectivity index (χ4n) is 6.42. The second kappa shape index (κ2) is 17.8. The average molecular weight is 811 g/mol. The second-order valence-electron chi connectivity index (χ2n) is 13.6. The number of para-hydroxylation sites is 1. The van der Waals surface area contributed by atoms with Crippen molar-refractivity contribution in [3.63, 3.8) is 0 Å². The molecular weight excluding hydrogens is 769 g/mol. The molecule has 6 rings (SSSR count). The first kappa shape index (κ1) is 40.6. The first-order chi connectivity index (χ1) is 27.8. The standard InChI is InChI=1S/C39H42N10O8S/c1-20-35(52)45-21(2)39(56)49(3)18-32(51)42-17-33-46-29(19-58-33)38(55)48-28(12-22-14-40-25-9-6-5-8-24(22)25)37(54)47-27(36(53)43-16-31(50)44-20)13-23-15-41-26-10-7-11-30(57-4)34(23)26/h5-11,14-15,19-20,27-28,40-41H,2,12-13,16-18H2,1,3-4H3,(H,42,51)(H,43,53)(H,44,50)(H,45,52)(H,47,54)(H,48,55)/t20-,27+,28+/m1/s1. The minimum Gasteiger partial charge on any atom is -0.496 e. The molecule has 19 heteroatoms. The maximum atomic E-state index is 14.3. The predicted molar refractivity (Wildman–Crippen MR) is 213 cm³/mol. The van der Waals surface area contributed by atoms with Gasteiger partial charge in [-0.1, -0.05) is 30.8 Å². The Labute approximate surface area is 335 Å². The van der Waals surface area contributed by atoms with Crippen molar-refractivity contribution >= 4 is 74.5 Å². The molecule has 18 nitrogen and oxygen atoms in total. The van der Waals surface area contributed by atoms with Gasteiger partial charge >= 0.3 is 0 Å². The van der Waals surface area contributed by atoms with Crippen LogP contribution in [0, 0.1) is 0 Å². The van der Waals surface area contributed by atoms with Gasteiger partial charge in [-0.05, 0) is 36.2 Å². The van der Waals surface area contributed by atoms with E-state index in [1.807, 2.05) is 30.3 Å². The van der Waals surface area contributed by atoms with Gasteiger partial charge in [-0.15, -0.1) is 11.3 Å². The molecule has 5 aromatic rings. The van der Waals surface area contributed by atoms with Gasteiger partial charge in [-0.3, -0.25) is 33.6 Å². The molecule has 1 aliphatic heterocycles. The Morgan fingerprint density at radius 1 is 0.810 bits per heavy atom. The number of rotatable bonds is 5. The maximum absolute atomic E-state index is 14.3. The highest BCUT2D eigenvalue weighted by atomic mass is 32.1. The van der Waals surface area contributed by atoms with Gasteiger partial charge in [0, 0.05) is 59.5 Å². The van der Waals surface area contributed by atoms with Crippen molar-refractivity contribution in [3.8, 4) is 5.75 Å². The Morgan fingerprint density at radius 2 is 1.52 bits per heavy atom. The fraction of sp³-hybridized carbons (Fsp3) is 0.282. The molecule has 2 bridgehead atoms. The van der Waals surface area contributed by atoms with E-state index in [1.54, 1.807) is 24.5 Å². The zero-order valence-corrected chi connectivity index (χ0v) is 32.6. The summed E-state index contributed by atoms with van der Waals surface area (Å²) in [4.78, 5) is 105. The molecule has 0 spiro atoms. The van der Waals surface area contributed by atoms with Crippen LogP contribution in [0.4, 0.5) is 0 Å². The molecule has 8 N–H and O–H groups in total. The number of benzene rings is 2. The molecule has 3 atom stereocenters. The molecule has 0 radical (unpaired) electrons. The molecule has 2 aromatic carbocycles. The Morgan fingerprint density at radius 3 is 2.31 bits per heavy atom. The van der Waals surface area contributed by atoms with E-state index >= 15 is 0 Å².